The molecule has 0 fully saturated rings. The van der Waals surface area contributed by atoms with E-state index >= 15 is 0 Å². The highest BCUT2D eigenvalue weighted by Gasteiger charge is 2.09. The molecule has 7 heteroatoms. The maximum absolute atomic E-state index is 11.5. The number of hydrogen-bond acceptors (Lipinski definition) is 3. The van der Waals surface area contributed by atoms with Crippen molar-refractivity contribution in [3.63, 3.8) is 0 Å². The molecule has 0 amide bonds. The Morgan fingerprint density at radius 2 is 2.24 bits per heavy atom. The van der Waals surface area contributed by atoms with E-state index in [0.29, 0.717) is 25.3 Å². The summed E-state index contributed by atoms with van der Waals surface area (Å²) in [6.45, 7) is 0.389. The number of nitrogens with one attached hydrogen (secondary N) is 1. The van der Waals surface area contributed by atoms with Gasteiger partial charge in [-0.05, 0) is 18.9 Å². The molecule has 0 spiro atoms. The molecule has 5 nitrogen and oxygen atoms in total. The smallest absolute Gasteiger partial charge is 0.211 e. The second kappa shape index (κ2) is 6.98. The zero-order valence-electron chi connectivity index (χ0n) is 9.89. The molecule has 1 aromatic rings. The molecule has 0 aromatic carbocycles. The van der Waals surface area contributed by atoms with Crippen LogP contribution in [0.2, 0.25) is 0 Å². The minimum Gasteiger partial charge on any atom is -0.276 e. The molecule has 0 aliphatic carbocycles. The zero-order chi connectivity index (χ0) is 12.7. The standard InChI is InChI=1S/C10H18ClN3O2S/c1-14-8-5-10(13-14)4-7-12-17(15,16)9-3-2-6-11/h5,8,12H,2-4,6-7,9H2,1H3. The summed E-state index contributed by atoms with van der Waals surface area (Å²) >= 11 is 5.49. The molecule has 0 saturated carbocycles. The second-order valence-electron chi connectivity index (χ2n) is 3.84. The van der Waals surface area contributed by atoms with Gasteiger partial charge in [-0.25, -0.2) is 13.1 Å². The van der Waals surface area contributed by atoms with Gasteiger partial charge >= 0.3 is 0 Å². The van der Waals surface area contributed by atoms with Gasteiger partial charge in [0, 0.05) is 32.1 Å². The van der Waals surface area contributed by atoms with Crippen LogP contribution in [0.5, 0.6) is 0 Å². The summed E-state index contributed by atoms with van der Waals surface area (Å²) in [7, 11) is -1.33. The number of hydrogen-bond donors (Lipinski definition) is 1. The largest absolute Gasteiger partial charge is 0.276 e. The molecule has 1 heterocycles. The molecule has 98 valence electrons. The fourth-order valence-electron chi connectivity index (χ4n) is 1.39. The Bertz CT molecular complexity index is 431. The third-order valence-electron chi connectivity index (χ3n) is 2.27. The summed E-state index contributed by atoms with van der Waals surface area (Å²) < 4.78 is 27.3. The van der Waals surface area contributed by atoms with Crippen LogP contribution in [0.15, 0.2) is 12.3 Å². The molecule has 0 bridgehead atoms. The summed E-state index contributed by atoms with van der Waals surface area (Å²) in [5.41, 5.74) is 0.885. The number of aryl methyl sites for hydroxylation is 1. The monoisotopic (exact) mass is 279 g/mol. The normalized spacial score (nSPS) is 11.9. The lowest BCUT2D eigenvalue weighted by Crippen LogP contribution is -2.28. The number of sulfonamides is 1. The molecular weight excluding hydrogens is 262 g/mol. The van der Waals surface area contributed by atoms with Gasteiger partial charge in [-0.15, -0.1) is 11.6 Å². The molecule has 1 N–H and O–H groups in total. The summed E-state index contributed by atoms with van der Waals surface area (Å²) in [5, 5.41) is 4.17. The van der Waals surface area contributed by atoms with Crippen LogP contribution in [0.4, 0.5) is 0 Å². The molecule has 0 aliphatic rings. The Hall–Kier alpha value is -0.590. The van der Waals surface area contributed by atoms with E-state index in [0.717, 1.165) is 12.1 Å². The van der Waals surface area contributed by atoms with Crippen LogP contribution in [-0.4, -0.2) is 36.4 Å². The zero-order valence-corrected chi connectivity index (χ0v) is 11.5. The number of alkyl halides is 1. The fourth-order valence-corrected chi connectivity index (χ4v) is 2.72. The van der Waals surface area contributed by atoms with E-state index < -0.39 is 10.0 Å². The predicted molar refractivity (Wildman–Crippen MR) is 68.7 cm³/mol. The first-order chi connectivity index (χ1) is 8.03. The molecule has 0 radical (unpaired) electrons. The van der Waals surface area contributed by atoms with Gasteiger partial charge in [0.25, 0.3) is 0 Å². The first kappa shape index (κ1) is 14.5. The third kappa shape index (κ3) is 6.05. The van der Waals surface area contributed by atoms with Gasteiger partial charge in [0.05, 0.1) is 11.4 Å². The summed E-state index contributed by atoms with van der Waals surface area (Å²) in [6, 6.07) is 1.88. The maximum atomic E-state index is 11.5. The lowest BCUT2D eigenvalue weighted by atomic mass is 10.3. The quantitative estimate of drug-likeness (QED) is 0.568. The Kier molecular flexibility index (Phi) is 5.94. The van der Waals surface area contributed by atoms with Crippen molar-refractivity contribution in [2.75, 3.05) is 18.2 Å². The van der Waals surface area contributed by atoms with Gasteiger partial charge in [0.15, 0.2) is 0 Å². The topological polar surface area (TPSA) is 64.0 Å². The Morgan fingerprint density at radius 3 is 2.82 bits per heavy atom. The second-order valence-corrected chi connectivity index (χ2v) is 6.14. The van der Waals surface area contributed by atoms with E-state index in [9.17, 15) is 8.42 Å². The average Bonchev–Trinajstić information content (AvgIpc) is 2.64. The number of nitrogens with zero attached hydrogens (tertiary/aromatic N) is 2. The molecule has 0 aliphatic heterocycles. The molecule has 1 rings (SSSR count). The summed E-state index contributed by atoms with van der Waals surface area (Å²) in [6.07, 6.45) is 3.77. The van der Waals surface area contributed by atoms with Crippen LogP contribution < -0.4 is 4.72 Å². The van der Waals surface area contributed by atoms with Gasteiger partial charge in [-0.3, -0.25) is 4.68 Å². The Morgan fingerprint density at radius 1 is 1.47 bits per heavy atom. The van der Waals surface area contributed by atoms with E-state index in [1.807, 2.05) is 19.3 Å². The van der Waals surface area contributed by atoms with Gasteiger partial charge < -0.3 is 0 Å². The highest BCUT2D eigenvalue weighted by Crippen LogP contribution is 1.98. The lowest BCUT2D eigenvalue weighted by Gasteiger charge is -2.04. The van der Waals surface area contributed by atoms with Crippen LogP contribution in [-0.2, 0) is 23.5 Å². The summed E-state index contributed by atoms with van der Waals surface area (Å²) in [5.74, 6) is 0.644. The van der Waals surface area contributed by atoms with E-state index in [1.165, 1.54) is 0 Å². The molecule has 0 unspecified atom stereocenters. The van der Waals surface area contributed by atoms with E-state index in [1.54, 1.807) is 4.68 Å². The van der Waals surface area contributed by atoms with Crippen molar-refractivity contribution >= 4 is 21.6 Å². The number of rotatable bonds is 8. The molecule has 0 saturated heterocycles. The van der Waals surface area contributed by atoms with Crippen molar-refractivity contribution in [1.82, 2.24) is 14.5 Å². The van der Waals surface area contributed by atoms with Crippen molar-refractivity contribution in [2.24, 2.45) is 7.05 Å². The number of halogens is 1. The van der Waals surface area contributed by atoms with Crippen molar-refractivity contribution in [1.29, 1.82) is 0 Å². The van der Waals surface area contributed by atoms with E-state index in [4.69, 9.17) is 11.6 Å². The van der Waals surface area contributed by atoms with Gasteiger partial charge in [0.2, 0.25) is 10.0 Å². The fraction of sp³-hybridized carbons (Fsp3) is 0.700. The summed E-state index contributed by atoms with van der Waals surface area (Å²) in [4.78, 5) is 0. The minimum absolute atomic E-state index is 0.141. The van der Waals surface area contributed by atoms with Gasteiger partial charge in [-0.2, -0.15) is 5.10 Å². The number of unbranched alkanes of at least 4 members (excludes halogenated alkanes) is 1. The van der Waals surface area contributed by atoms with E-state index in [2.05, 4.69) is 9.82 Å². The third-order valence-corrected chi connectivity index (χ3v) is 4.01. The molecule has 17 heavy (non-hydrogen) atoms. The van der Waals surface area contributed by atoms with Crippen LogP contribution in [0, 0.1) is 0 Å². The Balaban J connectivity index is 2.25. The maximum Gasteiger partial charge on any atom is 0.211 e. The van der Waals surface area contributed by atoms with Crippen LogP contribution in [0.3, 0.4) is 0 Å². The Labute approximate surface area is 107 Å². The van der Waals surface area contributed by atoms with Crippen molar-refractivity contribution < 1.29 is 8.42 Å². The minimum atomic E-state index is -3.16. The predicted octanol–water partition coefficient (Wildman–Crippen LogP) is 0.901. The highest BCUT2D eigenvalue weighted by molar-refractivity contribution is 7.89. The molecule has 1 aromatic heterocycles. The van der Waals surface area contributed by atoms with Crippen molar-refractivity contribution in [3.8, 4) is 0 Å². The van der Waals surface area contributed by atoms with Gasteiger partial charge in [0.1, 0.15) is 0 Å². The average molecular weight is 280 g/mol. The van der Waals surface area contributed by atoms with Crippen molar-refractivity contribution in [2.45, 2.75) is 19.3 Å². The molecule has 0 atom stereocenters. The van der Waals surface area contributed by atoms with Crippen molar-refractivity contribution in [3.05, 3.63) is 18.0 Å². The van der Waals surface area contributed by atoms with Crippen LogP contribution in [0.25, 0.3) is 0 Å². The van der Waals surface area contributed by atoms with Crippen LogP contribution >= 0.6 is 11.6 Å². The van der Waals surface area contributed by atoms with Gasteiger partial charge in [-0.1, -0.05) is 0 Å². The number of aromatic nitrogens is 2. The van der Waals surface area contributed by atoms with E-state index in [-0.39, 0.29) is 5.75 Å². The SMILES string of the molecule is Cn1ccc(CCNS(=O)(=O)CCCCCl)n1. The van der Waals surface area contributed by atoms with Crippen LogP contribution in [0.1, 0.15) is 18.5 Å². The lowest BCUT2D eigenvalue weighted by molar-refractivity contribution is 0.577. The highest BCUT2D eigenvalue weighted by atomic mass is 35.5. The molecular formula is C10H18ClN3O2S. The first-order valence-electron chi connectivity index (χ1n) is 5.55. The first-order valence-corrected chi connectivity index (χ1v) is 7.74.